The zero-order valence-electron chi connectivity index (χ0n) is 16.0. The van der Waals surface area contributed by atoms with Crippen LogP contribution in [0.15, 0.2) is 23.2 Å². The molecule has 7 nitrogen and oxygen atoms in total. The molecule has 0 spiro atoms. The van der Waals surface area contributed by atoms with Gasteiger partial charge in [-0.1, -0.05) is 13.3 Å². The predicted molar refractivity (Wildman–Crippen MR) is 101 cm³/mol. The van der Waals surface area contributed by atoms with E-state index in [9.17, 15) is 15.6 Å². The summed E-state index contributed by atoms with van der Waals surface area (Å²) >= 11 is 0. The number of benzene rings is 1. The second-order valence-electron chi connectivity index (χ2n) is 7.51. The molecule has 0 bridgehead atoms. The van der Waals surface area contributed by atoms with Crippen LogP contribution in [0.2, 0.25) is 0 Å². The Bertz CT molecular complexity index is 821. The summed E-state index contributed by atoms with van der Waals surface area (Å²) in [5, 5.41) is 29.6. The van der Waals surface area contributed by atoms with E-state index in [2.05, 4.69) is 22.9 Å². The van der Waals surface area contributed by atoms with Crippen LogP contribution in [0.25, 0.3) is 0 Å². The lowest BCUT2D eigenvalue weighted by molar-refractivity contribution is -0.0801. The van der Waals surface area contributed by atoms with E-state index in [0.29, 0.717) is 23.8 Å². The van der Waals surface area contributed by atoms with Gasteiger partial charge in [-0.3, -0.25) is 0 Å². The van der Waals surface area contributed by atoms with E-state index in [0.717, 1.165) is 31.5 Å². The first-order valence-corrected chi connectivity index (χ1v) is 9.32. The molecule has 1 N–H and O–H groups in total. The van der Waals surface area contributed by atoms with Gasteiger partial charge in [0.1, 0.15) is 17.5 Å². The zero-order chi connectivity index (χ0) is 19.6. The van der Waals surface area contributed by atoms with E-state index in [4.69, 9.17) is 4.74 Å². The maximum atomic E-state index is 11.1. The second-order valence-corrected chi connectivity index (χ2v) is 7.51. The molecular weight excluding hydrogens is 342 g/mol. The maximum absolute atomic E-state index is 11.1. The number of hydrogen-bond acceptors (Lipinski definition) is 5. The van der Waals surface area contributed by atoms with Crippen LogP contribution in [0.5, 0.6) is 5.75 Å². The molecule has 1 fully saturated rings. The number of nitrogens with zero attached hydrogens (tertiary/aromatic N) is 5. The number of aliphatic hydroxyl groups is 1. The first-order chi connectivity index (χ1) is 12.9. The van der Waals surface area contributed by atoms with Crippen LogP contribution in [0.4, 0.5) is 0 Å². The summed E-state index contributed by atoms with van der Waals surface area (Å²) in [7, 11) is 0. The summed E-state index contributed by atoms with van der Waals surface area (Å²) in [6.07, 6.45) is 3.13. The summed E-state index contributed by atoms with van der Waals surface area (Å²) in [6.45, 7) is 8.03. The van der Waals surface area contributed by atoms with Gasteiger partial charge in [0.2, 0.25) is 12.2 Å². The molecule has 0 radical (unpaired) electrons. The van der Waals surface area contributed by atoms with Crippen LogP contribution in [0, 0.1) is 22.8 Å². The normalized spacial score (nSPS) is 24.9. The molecule has 1 aromatic carbocycles. The van der Waals surface area contributed by atoms with Crippen molar-refractivity contribution in [3.05, 3.63) is 29.3 Å². The van der Waals surface area contributed by atoms with E-state index < -0.39 is 17.7 Å². The van der Waals surface area contributed by atoms with Crippen molar-refractivity contribution >= 4 is 5.96 Å². The molecule has 2 aliphatic rings. The molecule has 0 saturated carbocycles. The number of guanidine groups is 1. The van der Waals surface area contributed by atoms with Crippen LogP contribution in [0.3, 0.4) is 0 Å². The SMILES string of the molecule is CCCCN1CCN(C2c3cc(C#N)ccc3OC(C)(C)C2O)C1=NC#N. The van der Waals surface area contributed by atoms with Crippen molar-refractivity contribution < 1.29 is 9.84 Å². The zero-order valence-corrected chi connectivity index (χ0v) is 16.0. The first-order valence-electron chi connectivity index (χ1n) is 9.32. The number of rotatable bonds is 4. The highest BCUT2D eigenvalue weighted by Gasteiger charge is 2.48. The van der Waals surface area contributed by atoms with Crippen molar-refractivity contribution in [2.75, 3.05) is 19.6 Å². The number of hydrogen-bond donors (Lipinski definition) is 1. The number of aliphatic imine (C=N–C) groups is 1. The monoisotopic (exact) mass is 367 g/mol. The van der Waals surface area contributed by atoms with Crippen molar-refractivity contribution in [2.45, 2.75) is 51.4 Å². The van der Waals surface area contributed by atoms with Gasteiger partial charge in [0.15, 0.2) is 0 Å². The van der Waals surface area contributed by atoms with Crippen LogP contribution in [-0.2, 0) is 0 Å². The molecule has 2 unspecified atom stereocenters. The van der Waals surface area contributed by atoms with Gasteiger partial charge in [0.05, 0.1) is 17.7 Å². The molecule has 2 atom stereocenters. The summed E-state index contributed by atoms with van der Waals surface area (Å²) in [6, 6.07) is 6.97. The van der Waals surface area contributed by atoms with Crippen molar-refractivity contribution in [1.82, 2.24) is 9.80 Å². The number of fused-ring (bicyclic) bond motifs is 1. The summed E-state index contributed by atoms with van der Waals surface area (Å²) in [5.41, 5.74) is 0.458. The van der Waals surface area contributed by atoms with Crippen LogP contribution < -0.4 is 4.74 Å². The molecule has 3 rings (SSSR count). The molecule has 1 saturated heterocycles. The topological polar surface area (TPSA) is 95.9 Å². The average molecular weight is 367 g/mol. The van der Waals surface area contributed by atoms with Crippen LogP contribution >= 0.6 is 0 Å². The Morgan fingerprint density at radius 3 is 2.78 bits per heavy atom. The first kappa shape index (κ1) is 19.0. The molecule has 7 heteroatoms. The molecule has 0 amide bonds. The van der Waals surface area contributed by atoms with E-state index >= 15 is 0 Å². The number of ether oxygens (including phenoxy) is 1. The van der Waals surface area contributed by atoms with Crippen molar-refractivity contribution in [1.29, 1.82) is 10.5 Å². The predicted octanol–water partition coefficient (Wildman–Crippen LogP) is 2.39. The lowest BCUT2D eigenvalue weighted by Gasteiger charge is -2.45. The van der Waals surface area contributed by atoms with E-state index in [1.165, 1.54) is 0 Å². The van der Waals surface area contributed by atoms with Gasteiger partial charge in [-0.25, -0.2) is 0 Å². The molecule has 27 heavy (non-hydrogen) atoms. The summed E-state index contributed by atoms with van der Waals surface area (Å²) < 4.78 is 6.00. The Morgan fingerprint density at radius 1 is 1.33 bits per heavy atom. The third-order valence-electron chi connectivity index (χ3n) is 5.26. The van der Waals surface area contributed by atoms with Gasteiger partial charge in [0, 0.05) is 25.2 Å². The van der Waals surface area contributed by atoms with Gasteiger partial charge in [0.25, 0.3) is 0 Å². The Morgan fingerprint density at radius 2 is 2.11 bits per heavy atom. The van der Waals surface area contributed by atoms with Crippen LogP contribution in [0.1, 0.15) is 50.8 Å². The van der Waals surface area contributed by atoms with Crippen molar-refractivity contribution in [2.24, 2.45) is 4.99 Å². The molecule has 142 valence electrons. The fraction of sp³-hybridized carbons (Fsp3) is 0.550. The highest BCUT2D eigenvalue weighted by atomic mass is 16.5. The fourth-order valence-electron chi connectivity index (χ4n) is 3.79. The Hall–Kier alpha value is -2.77. The Balaban J connectivity index is 2.05. The quantitative estimate of drug-likeness (QED) is 0.821. The largest absolute Gasteiger partial charge is 0.485 e. The lowest BCUT2D eigenvalue weighted by atomic mass is 9.85. The van der Waals surface area contributed by atoms with Gasteiger partial charge in [-0.2, -0.15) is 10.5 Å². The van der Waals surface area contributed by atoms with Gasteiger partial charge < -0.3 is 19.6 Å². The molecule has 1 aromatic rings. The molecule has 2 aliphatic heterocycles. The van der Waals surface area contributed by atoms with Gasteiger partial charge in [-0.15, -0.1) is 4.99 Å². The third-order valence-corrected chi connectivity index (χ3v) is 5.26. The minimum absolute atomic E-state index is 0.434. The maximum Gasteiger partial charge on any atom is 0.213 e. The van der Waals surface area contributed by atoms with Gasteiger partial charge in [-0.05, 0) is 38.5 Å². The van der Waals surface area contributed by atoms with Crippen LogP contribution in [-0.4, -0.2) is 52.2 Å². The standard InChI is InChI=1S/C20H25N5O2/c1-4-5-8-24-9-10-25(19(24)23-13-22)17-15-11-14(12-21)6-7-16(15)27-20(2,3)18(17)26/h6-7,11,17-18,26H,4-5,8-10H2,1-3H3. The highest BCUT2D eigenvalue weighted by molar-refractivity contribution is 5.83. The Labute approximate surface area is 160 Å². The molecular formula is C20H25N5O2. The van der Waals surface area contributed by atoms with E-state index in [1.807, 2.05) is 24.9 Å². The van der Waals surface area contributed by atoms with Crippen molar-refractivity contribution in [3.63, 3.8) is 0 Å². The lowest BCUT2D eigenvalue weighted by Crippen LogP contribution is -2.54. The fourth-order valence-corrected chi connectivity index (χ4v) is 3.79. The average Bonchev–Trinajstić information content (AvgIpc) is 3.03. The van der Waals surface area contributed by atoms with E-state index in [-0.39, 0.29) is 0 Å². The molecule has 0 aromatic heterocycles. The van der Waals surface area contributed by atoms with Gasteiger partial charge >= 0.3 is 0 Å². The smallest absolute Gasteiger partial charge is 0.213 e. The van der Waals surface area contributed by atoms with Crippen molar-refractivity contribution in [3.8, 4) is 18.0 Å². The Kier molecular flexibility index (Phi) is 5.25. The minimum atomic E-state index is -0.839. The third kappa shape index (κ3) is 3.43. The van der Waals surface area contributed by atoms with E-state index in [1.54, 1.807) is 18.2 Å². The second kappa shape index (κ2) is 7.46. The molecule has 0 aliphatic carbocycles. The number of unbranched alkanes of at least 4 members (excludes halogenated alkanes) is 1. The summed E-state index contributed by atoms with van der Waals surface area (Å²) in [5.74, 6) is 1.23. The minimum Gasteiger partial charge on any atom is -0.485 e. The number of nitriles is 2. The summed E-state index contributed by atoms with van der Waals surface area (Å²) in [4.78, 5) is 8.14. The number of aliphatic hydroxyl groups excluding tert-OH is 1. The highest BCUT2D eigenvalue weighted by Crippen LogP contribution is 2.44. The molecule has 2 heterocycles.